The first kappa shape index (κ1) is 12.7. The third-order valence-corrected chi connectivity index (χ3v) is 6.08. The fourth-order valence-corrected chi connectivity index (χ4v) is 5.08. The molecule has 1 aromatic rings. The average Bonchev–Trinajstić information content (AvgIpc) is 2.86. The zero-order valence-corrected chi connectivity index (χ0v) is 12.2. The van der Waals surface area contributed by atoms with Crippen molar-refractivity contribution in [3.05, 3.63) is 21.9 Å². The second kappa shape index (κ2) is 5.34. The van der Waals surface area contributed by atoms with Crippen LogP contribution < -0.4 is 5.73 Å². The minimum atomic E-state index is 0.404. The van der Waals surface area contributed by atoms with Gasteiger partial charge in [-0.3, -0.25) is 0 Å². The van der Waals surface area contributed by atoms with E-state index in [-0.39, 0.29) is 0 Å². The van der Waals surface area contributed by atoms with Gasteiger partial charge in [0.15, 0.2) is 0 Å². The molecule has 0 aliphatic heterocycles. The van der Waals surface area contributed by atoms with Crippen LogP contribution in [0.4, 0.5) is 0 Å². The summed E-state index contributed by atoms with van der Waals surface area (Å²) < 4.78 is 0. The third-order valence-electron chi connectivity index (χ3n) is 5.08. The van der Waals surface area contributed by atoms with Gasteiger partial charge in [0.05, 0.1) is 0 Å². The summed E-state index contributed by atoms with van der Waals surface area (Å²) in [6.07, 6.45) is 9.47. The van der Waals surface area contributed by atoms with Crippen molar-refractivity contribution in [1.82, 2.24) is 0 Å². The fourth-order valence-electron chi connectivity index (χ4n) is 4.08. The highest BCUT2D eigenvalue weighted by atomic mass is 32.1. The van der Waals surface area contributed by atoms with E-state index in [1.165, 1.54) is 44.9 Å². The highest BCUT2D eigenvalue weighted by Crippen LogP contribution is 2.41. The van der Waals surface area contributed by atoms with Crippen LogP contribution in [-0.4, -0.2) is 6.04 Å². The molecule has 0 saturated heterocycles. The molecule has 1 fully saturated rings. The van der Waals surface area contributed by atoms with Crippen LogP contribution in [0.25, 0.3) is 0 Å². The Morgan fingerprint density at radius 2 is 2.17 bits per heavy atom. The van der Waals surface area contributed by atoms with Crippen molar-refractivity contribution < 1.29 is 0 Å². The van der Waals surface area contributed by atoms with Gasteiger partial charge in [-0.2, -0.15) is 0 Å². The molecule has 1 heterocycles. The maximum absolute atomic E-state index is 6.66. The first-order valence-electron chi connectivity index (χ1n) is 7.57. The lowest BCUT2D eigenvalue weighted by Gasteiger charge is -2.37. The molecule has 100 valence electrons. The van der Waals surface area contributed by atoms with Crippen LogP contribution >= 0.6 is 11.3 Å². The van der Waals surface area contributed by atoms with Crippen molar-refractivity contribution in [1.29, 1.82) is 0 Å². The molecular weight excluding hydrogens is 238 g/mol. The lowest BCUT2D eigenvalue weighted by Crippen LogP contribution is -2.39. The Bertz CT molecular complexity index is 398. The summed E-state index contributed by atoms with van der Waals surface area (Å²) in [6, 6.07) is 2.75. The number of thiophene rings is 1. The molecule has 4 unspecified atom stereocenters. The Balaban J connectivity index is 1.75. The molecule has 3 rings (SSSR count). The van der Waals surface area contributed by atoms with E-state index in [2.05, 4.69) is 18.4 Å². The lowest BCUT2D eigenvalue weighted by atomic mass is 9.71. The van der Waals surface area contributed by atoms with Crippen molar-refractivity contribution in [2.45, 2.75) is 63.8 Å². The summed E-state index contributed by atoms with van der Waals surface area (Å²) in [5, 5.41) is 2.26. The van der Waals surface area contributed by atoms with Gasteiger partial charge in [0.1, 0.15) is 0 Å². The monoisotopic (exact) mass is 263 g/mol. The molecule has 0 amide bonds. The summed E-state index contributed by atoms with van der Waals surface area (Å²) >= 11 is 1.94. The maximum Gasteiger partial charge on any atom is 0.0137 e. The second-order valence-electron chi connectivity index (χ2n) is 6.41. The van der Waals surface area contributed by atoms with Crippen molar-refractivity contribution >= 4 is 11.3 Å². The predicted octanol–water partition coefficient (Wildman–Crippen LogP) is 4.32. The molecule has 0 aromatic carbocycles. The molecule has 18 heavy (non-hydrogen) atoms. The van der Waals surface area contributed by atoms with E-state index in [0.717, 1.165) is 11.8 Å². The summed E-state index contributed by atoms with van der Waals surface area (Å²) in [6.45, 7) is 2.40. The van der Waals surface area contributed by atoms with Gasteiger partial charge in [-0.05, 0) is 60.9 Å². The number of rotatable bonds is 2. The van der Waals surface area contributed by atoms with Gasteiger partial charge >= 0.3 is 0 Å². The highest BCUT2D eigenvalue weighted by molar-refractivity contribution is 7.10. The van der Waals surface area contributed by atoms with Gasteiger partial charge in [0, 0.05) is 16.8 Å². The molecule has 2 aliphatic carbocycles. The van der Waals surface area contributed by atoms with Crippen molar-refractivity contribution in [3.63, 3.8) is 0 Å². The van der Waals surface area contributed by atoms with E-state index in [1.807, 2.05) is 11.3 Å². The molecule has 1 nitrogen and oxygen atoms in total. The Morgan fingerprint density at radius 1 is 1.28 bits per heavy atom. The number of hydrogen-bond acceptors (Lipinski definition) is 2. The van der Waals surface area contributed by atoms with Gasteiger partial charge in [-0.25, -0.2) is 0 Å². The largest absolute Gasteiger partial charge is 0.327 e. The van der Waals surface area contributed by atoms with Crippen LogP contribution in [-0.2, 0) is 6.42 Å². The molecule has 1 saturated carbocycles. The van der Waals surface area contributed by atoms with Gasteiger partial charge in [0.2, 0.25) is 0 Å². The van der Waals surface area contributed by atoms with Crippen LogP contribution in [0.15, 0.2) is 11.4 Å². The first-order chi connectivity index (χ1) is 8.75. The van der Waals surface area contributed by atoms with Crippen LogP contribution in [0, 0.1) is 11.8 Å². The topological polar surface area (TPSA) is 26.0 Å². The Kier molecular flexibility index (Phi) is 3.76. The first-order valence-corrected chi connectivity index (χ1v) is 8.45. The molecule has 4 atom stereocenters. The normalized spacial score (nSPS) is 34.0. The van der Waals surface area contributed by atoms with E-state index < -0.39 is 0 Å². The highest BCUT2D eigenvalue weighted by Gasteiger charge is 2.33. The molecule has 0 spiro atoms. The molecule has 0 radical (unpaired) electrons. The maximum atomic E-state index is 6.66. The average molecular weight is 263 g/mol. The second-order valence-corrected chi connectivity index (χ2v) is 7.41. The SMILES string of the molecule is CC1CCCC(C(N)C2CCCc3sccc32)C1. The molecule has 1 aromatic heterocycles. The van der Waals surface area contributed by atoms with Crippen LogP contribution in [0.3, 0.4) is 0 Å². The molecule has 0 bridgehead atoms. The molecular formula is C16H25NS. The number of hydrogen-bond donors (Lipinski definition) is 1. The molecule has 2 N–H and O–H groups in total. The standard InChI is InChI=1S/C16H25NS/c1-11-4-2-5-12(10-11)16(17)14-6-3-7-15-13(14)8-9-18-15/h8-9,11-12,14,16H,2-7,10,17H2,1H3. The number of fused-ring (bicyclic) bond motifs is 1. The van der Waals surface area contributed by atoms with E-state index in [0.29, 0.717) is 12.0 Å². The summed E-state index contributed by atoms with van der Waals surface area (Å²) in [5.41, 5.74) is 8.26. The molecule has 2 heteroatoms. The van der Waals surface area contributed by atoms with E-state index in [9.17, 15) is 0 Å². The molecule has 2 aliphatic rings. The zero-order valence-electron chi connectivity index (χ0n) is 11.4. The van der Waals surface area contributed by atoms with Crippen molar-refractivity contribution in [2.24, 2.45) is 17.6 Å². The quantitative estimate of drug-likeness (QED) is 0.845. The zero-order chi connectivity index (χ0) is 12.5. The smallest absolute Gasteiger partial charge is 0.0137 e. The fraction of sp³-hybridized carbons (Fsp3) is 0.750. The van der Waals surface area contributed by atoms with Gasteiger partial charge in [-0.1, -0.05) is 19.8 Å². The van der Waals surface area contributed by atoms with Crippen molar-refractivity contribution in [2.75, 3.05) is 0 Å². The Labute approximate surface area is 115 Å². The number of aryl methyl sites for hydroxylation is 1. The lowest BCUT2D eigenvalue weighted by molar-refractivity contribution is 0.221. The Hall–Kier alpha value is -0.340. The minimum absolute atomic E-state index is 0.404. The predicted molar refractivity (Wildman–Crippen MR) is 79.1 cm³/mol. The van der Waals surface area contributed by atoms with Gasteiger partial charge in [0.25, 0.3) is 0 Å². The van der Waals surface area contributed by atoms with Crippen LogP contribution in [0.2, 0.25) is 0 Å². The van der Waals surface area contributed by atoms with Crippen LogP contribution in [0.1, 0.15) is 61.8 Å². The summed E-state index contributed by atoms with van der Waals surface area (Å²) in [5.74, 6) is 2.31. The minimum Gasteiger partial charge on any atom is -0.327 e. The van der Waals surface area contributed by atoms with E-state index in [1.54, 1.807) is 10.4 Å². The summed E-state index contributed by atoms with van der Waals surface area (Å²) in [7, 11) is 0. The number of nitrogens with two attached hydrogens (primary N) is 1. The van der Waals surface area contributed by atoms with Crippen LogP contribution in [0.5, 0.6) is 0 Å². The van der Waals surface area contributed by atoms with Crippen molar-refractivity contribution in [3.8, 4) is 0 Å². The van der Waals surface area contributed by atoms with Gasteiger partial charge < -0.3 is 5.73 Å². The van der Waals surface area contributed by atoms with Gasteiger partial charge in [-0.15, -0.1) is 11.3 Å². The van der Waals surface area contributed by atoms with E-state index in [4.69, 9.17) is 5.73 Å². The third kappa shape index (κ3) is 2.37. The Morgan fingerprint density at radius 3 is 3.00 bits per heavy atom. The van der Waals surface area contributed by atoms with E-state index >= 15 is 0 Å². The summed E-state index contributed by atoms with van der Waals surface area (Å²) in [4.78, 5) is 1.62.